The van der Waals surface area contributed by atoms with Crippen LogP contribution in [-0.2, 0) is 26.4 Å². The molecular weight excluding hydrogens is 464 g/mol. The normalized spacial score (nSPS) is 17.5. The van der Waals surface area contributed by atoms with Crippen molar-refractivity contribution in [2.75, 3.05) is 22.9 Å². The minimum Gasteiger partial charge on any atom is -0.467 e. The van der Waals surface area contributed by atoms with Gasteiger partial charge in [-0.3, -0.25) is 9.10 Å². The number of nitrogens with zero attached hydrogens (tertiary/aromatic N) is 2. The molecular formula is C23H24N2O6S2. The first kappa shape index (κ1) is 23.1. The van der Waals surface area contributed by atoms with Crippen molar-refractivity contribution >= 4 is 31.5 Å². The SMILES string of the molecule is CN(c1ccccc1)S(=O)(=O)c1ccc(C(=O)N(Cc2ccco2)[C@@H]2CCS(=O)(=O)C2)cc1. The number of hydrogen-bond acceptors (Lipinski definition) is 6. The predicted octanol–water partition coefficient (Wildman–Crippen LogP) is 2.93. The highest BCUT2D eigenvalue weighted by molar-refractivity contribution is 7.92. The predicted molar refractivity (Wildman–Crippen MR) is 124 cm³/mol. The van der Waals surface area contributed by atoms with E-state index in [1.807, 2.05) is 0 Å². The van der Waals surface area contributed by atoms with E-state index in [0.717, 1.165) is 0 Å². The van der Waals surface area contributed by atoms with Gasteiger partial charge in [0, 0.05) is 18.7 Å². The molecule has 0 unspecified atom stereocenters. The maximum absolute atomic E-state index is 13.3. The Morgan fingerprint density at radius 1 is 1.03 bits per heavy atom. The Morgan fingerprint density at radius 3 is 2.30 bits per heavy atom. The van der Waals surface area contributed by atoms with Crippen LogP contribution in [0.3, 0.4) is 0 Å². The Morgan fingerprint density at radius 2 is 1.73 bits per heavy atom. The van der Waals surface area contributed by atoms with Crippen molar-refractivity contribution in [2.24, 2.45) is 0 Å². The third-order valence-corrected chi connectivity index (χ3v) is 9.25. The lowest BCUT2D eigenvalue weighted by Gasteiger charge is -2.27. The molecule has 1 aliphatic rings. The molecule has 1 fully saturated rings. The summed E-state index contributed by atoms with van der Waals surface area (Å²) in [6.07, 6.45) is 1.84. The summed E-state index contributed by atoms with van der Waals surface area (Å²) in [6.45, 7) is 0.128. The standard InChI is InChI=1S/C23H24N2O6S2/c1-24(19-6-3-2-4-7-19)33(29,30)22-11-9-18(10-12-22)23(26)25(16-21-8-5-14-31-21)20-13-15-32(27,28)17-20/h2-12,14,20H,13,15-17H2,1H3/t20-/m1/s1. The van der Waals surface area contributed by atoms with E-state index >= 15 is 0 Å². The third-order valence-electron chi connectivity index (χ3n) is 5.70. The summed E-state index contributed by atoms with van der Waals surface area (Å²) >= 11 is 0. The molecule has 1 saturated heterocycles. The van der Waals surface area contributed by atoms with E-state index in [1.54, 1.807) is 42.5 Å². The first-order valence-electron chi connectivity index (χ1n) is 10.4. The molecule has 2 aromatic carbocycles. The molecule has 1 atom stereocenters. The van der Waals surface area contributed by atoms with Crippen LogP contribution in [-0.4, -0.2) is 52.2 Å². The second-order valence-electron chi connectivity index (χ2n) is 7.90. The largest absolute Gasteiger partial charge is 0.467 e. The van der Waals surface area contributed by atoms with Gasteiger partial charge in [0.1, 0.15) is 5.76 Å². The number of furan rings is 1. The summed E-state index contributed by atoms with van der Waals surface area (Å²) in [5.74, 6) is 0.0846. The average molecular weight is 489 g/mol. The molecule has 174 valence electrons. The van der Waals surface area contributed by atoms with Gasteiger partial charge in [-0.1, -0.05) is 18.2 Å². The molecule has 3 aromatic rings. The first-order valence-corrected chi connectivity index (χ1v) is 13.6. The molecule has 1 amide bonds. The van der Waals surface area contributed by atoms with Crippen molar-refractivity contribution in [1.82, 2.24) is 4.90 Å². The second kappa shape index (κ2) is 9.03. The summed E-state index contributed by atoms with van der Waals surface area (Å²) in [5, 5.41) is 0. The van der Waals surface area contributed by atoms with Gasteiger partial charge >= 0.3 is 0 Å². The minimum atomic E-state index is -3.81. The van der Waals surface area contributed by atoms with Crippen LogP contribution in [0.1, 0.15) is 22.5 Å². The van der Waals surface area contributed by atoms with Crippen molar-refractivity contribution < 1.29 is 26.0 Å². The molecule has 2 heterocycles. The minimum absolute atomic E-state index is 0.0304. The number of rotatable bonds is 7. The number of sulfonamides is 1. The van der Waals surface area contributed by atoms with Crippen LogP contribution < -0.4 is 4.31 Å². The van der Waals surface area contributed by atoms with Crippen LogP contribution in [0, 0.1) is 0 Å². The Kier molecular flexibility index (Phi) is 6.31. The lowest BCUT2D eigenvalue weighted by molar-refractivity contribution is 0.0666. The fraction of sp³-hybridized carbons (Fsp3) is 0.261. The molecule has 0 radical (unpaired) electrons. The van der Waals surface area contributed by atoms with Gasteiger partial charge in [0.2, 0.25) is 0 Å². The highest BCUT2D eigenvalue weighted by Gasteiger charge is 2.35. The van der Waals surface area contributed by atoms with E-state index in [2.05, 4.69) is 0 Å². The fourth-order valence-corrected chi connectivity index (χ4v) is 6.75. The van der Waals surface area contributed by atoms with Crippen molar-refractivity contribution in [1.29, 1.82) is 0 Å². The van der Waals surface area contributed by atoms with Crippen LogP contribution >= 0.6 is 0 Å². The molecule has 0 bridgehead atoms. The summed E-state index contributed by atoms with van der Waals surface area (Å²) in [5.41, 5.74) is 0.789. The topological polar surface area (TPSA) is 105 Å². The number of anilines is 1. The van der Waals surface area contributed by atoms with E-state index in [0.29, 0.717) is 17.9 Å². The maximum atomic E-state index is 13.3. The smallest absolute Gasteiger partial charge is 0.264 e. The molecule has 0 N–H and O–H groups in total. The van der Waals surface area contributed by atoms with Gasteiger partial charge in [0.15, 0.2) is 9.84 Å². The highest BCUT2D eigenvalue weighted by atomic mass is 32.2. The van der Waals surface area contributed by atoms with Crippen molar-refractivity contribution in [3.8, 4) is 0 Å². The van der Waals surface area contributed by atoms with Crippen LogP contribution in [0.5, 0.6) is 0 Å². The molecule has 4 rings (SSSR count). The monoisotopic (exact) mass is 488 g/mol. The number of carbonyl (C=O) groups is 1. The van der Waals surface area contributed by atoms with E-state index in [4.69, 9.17) is 4.42 Å². The molecule has 0 spiro atoms. The molecule has 8 nitrogen and oxygen atoms in total. The summed E-state index contributed by atoms with van der Waals surface area (Å²) in [6, 6.07) is 17.3. The van der Waals surface area contributed by atoms with Gasteiger partial charge in [-0.25, -0.2) is 16.8 Å². The maximum Gasteiger partial charge on any atom is 0.264 e. The van der Waals surface area contributed by atoms with Crippen LogP contribution in [0.25, 0.3) is 0 Å². The number of hydrogen-bond donors (Lipinski definition) is 0. The summed E-state index contributed by atoms with van der Waals surface area (Å²) in [7, 11) is -5.55. The quantitative estimate of drug-likeness (QED) is 0.506. The summed E-state index contributed by atoms with van der Waals surface area (Å²) in [4.78, 5) is 14.9. The third kappa shape index (κ3) is 4.96. The number of carbonyl (C=O) groups excluding carboxylic acids is 1. The van der Waals surface area contributed by atoms with Crippen LogP contribution in [0.2, 0.25) is 0 Å². The number of sulfone groups is 1. The zero-order chi connectivity index (χ0) is 23.6. The van der Waals surface area contributed by atoms with Gasteiger partial charge < -0.3 is 9.32 Å². The number of para-hydroxylation sites is 1. The van der Waals surface area contributed by atoms with Crippen molar-refractivity contribution in [3.05, 3.63) is 84.3 Å². The number of amides is 1. The first-order chi connectivity index (χ1) is 15.7. The van der Waals surface area contributed by atoms with Crippen LogP contribution in [0.4, 0.5) is 5.69 Å². The zero-order valence-corrected chi connectivity index (χ0v) is 19.6. The lowest BCUT2D eigenvalue weighted by atomic mass is 10.1. The second-order valence-corrected chi connectivity index (χ2v) is 12.1. The average Bonchev–Trinajstić information content (AvgIpc) is 3.46. The van der Waals surface area contributed by atoms with Gasteiger partial charge in [0.05, 0.1) is 34.9 Å². The Labute approximate surface area is 193 Å². The van der Waals surface area contributed by atoms with Gasteiger partial charge in [-0.05, 0) is 55.0 Å². The van der Waals surface area contributed by atoms with E-state index in [1.165, 1.54) is 46.8 Å². The van der Waals surface area contributed by atoms with Gasteiger partial charge in [-0.2, -0.15) is 0 Å². The Balaban J connectivity index is 1.59. The Hall–Kier alpha value is -3.11. The molecule has 0 saturated carbocycles. The molecule has 33 heavy (non-hydrogen) atoms. The summed E-state index contributed by atoms with van der Waals surface area (Å²) < 4.78 is 56.5. The van der Waals surface area contributed by atoms with Crippen molar-refractivity contribution in [2.45, 2.75) is 23.9 Å². The molecule has 10 heteroatoms. The molecule has 1 aliphatic heterocycles. The van der Waals surface area contributed by atoms with Gasteiger partial charge in [-0.15, -0.1) is 0 Å². The van der Waals surface area contributed by atoms with Gasteiger partial charge in [0.25, 0.3) is 15.9 Å². The zero-order valence-electron chi connectivity index (χ0n) is 18.0. The fourth-order valence-electron chi connectivity index (χ4n) is 3.83. The molecule has 1 aromatic heterocycles. The highest BCUT2D eigenvalue weighted by Crippen LogP contribution is 2.25. The van der Waals surface area contributed by atoms with E-state index in [-0.39, 0.29) is 34.4 Å². The van der Waals surface area contributed by atoms with Crippen molar-refractivity contribution in [3.63, 3.8) is 0 Å². The van der Waals surface area contributed by atoms with E-state index < -0.39 is 25.9 Å². The van der Waals surface area contributed by atoms with E-state index in [9.17, 15) is 21.6 Å². The Bertz CT molecular complexity index is 1320. The lowest BCUT2D eigenvalue weighted by Crippen LogP contribution is -2.40. The number of benzene rings is 2. The van der Waals surface area contributed by atoms with Crippen LogP contribution in [0.15, 0.2) is 82.3 Å². The molecule has 0 aliphatic carbocycles.